The van der Waals surface area contributed by atoms with Crippen molar-refractivity contribution in [1.82, 2.24) is 15.5 Å². The van der Waals surface area contributed by atoms with Gasteiger partial charge in [0.2, 0.25) is 17.7 Å². The fraction of sp³-hybridized carbons (Fsp3) is 0.444. The summed E-state index contributed by atoms with van der Waals surface area (Å²) < 4.78 is 12.2. The molecule has 1 saturated heterocycles. The maximum absolute atomic E-state index is 12.6. The van der Waals surface area contributed by atoms with Crippen molar-refractivity contribution < 1.29 is 23.9 Å². The first kappa shape index (κ1) is 24.7. The van der Waals surface area contributed by atoms with Gasteiger partial charge < -0.3 is 25.0 Å². The molecule has 8 heteroatoms. The number of hydrogen-bond acceptors (Lipinski definition) is 5. The molecular formula is C27H33N3O5. The molecule has 0 unspecified atom stereocenters. The van der Waals surface area contributed by atoms with Gasteiger partial charge in [-0.3, -0.25) is 14.4 Å². The summed E-state index contributed by atoms with van der Waals surface area (Å²) in [6, 6.07) is 15.1. The SMILES string of the molecule is CC(C)C(=O)N1C[C@@H]2NC(=O)CCNC(=O)CCc3ccc(cc3)Oc3cccc(c3)CO[C@H]2C1. The van der Waals surface area contributed by atoms with Crippen LogP contribution in [0.4, 0.5) is 0 Å². The number of likely N-dealkylation sites (tertiary alicyclic amines) is 1. The fourth-order valence-electron chi connectivity index (χ4n) is 4.33. The summed E-state index contributed by atoms with van der Waals surface area (Å²) >= 11 is 0. The second-order valence-electron chi connectivity index (χ2n) is 9.41. The van der Waals surface area contributed by atoms with Gasteiger partial charge >= 0.3 is 0 Å². The van der Waals surface area contributed by atoms with Crippen LogP contribution in [0.1, 0.15) is 37.8 Å². The van der Waals surface area contributed by atoms with Crippen LogP contribution in [0.2, 0.25) is 0 Å². The molecule has 0 saturated carbocycles. The van der Waals surface area contributed by atoms with Crippen molar-refractivity contribution in [1.29, 1.82) is 0 Å². The number of rotatable bonds is 1. The van der Waals surface area contributed by atoms with E-state index >= 15 is 0 Å². The number of benzene rings is 2. The van der Waals surface area contributed by atoms with E-state index in [-0.39, 0.29) is 48.8 Å². The van der Waals surface area contributed by atoms with E-state index in [0.29, 0.717) is 44.0 Å². The van der Waals surface area contributed by atoms with E-state index in [4.69, 9.17) is 9.47 Å². The Morgan fingerprint density at radius 2 is 1.74 bits per heavy atom. The van der Waals surface area contributed by atoms with Crippen molar-refractivity contribution in [2.24, 2.45) is 5.92 Å². The lowest BCUT2D eigenvalue weighted by Gasteiger charge is -2.20. The quantitative estimate of drug-likeness (QED) is 0.656. The summed E-state index contributed by atoms with van der Waals surface area (Å²) in [6.45, 7) is 5.13. The van der Waals surface area contributed by atoms with Crippen LogP contribution in [0, 0.1) is 5.92 Å². The van der Waals surface area contributed by atoms with E-state index in [9.17, 15) is 14.4 Å². The summed E-state index contributed by atoms with van der Waals surface area (Å²) in [5.74, 6) is 1.04. The second-order valence-corrected chi connectivity index (χ2v) is 9.41. The summed E-state index contributed by atoms with van der Waals surface area (Å²) in [7, 11) is 0. The molecule has 5 rings (SSSR count). The lowest BCUT2D eigenvalue weighted by molar-refractivity contribution is -0.134. The molecule has 3 aliphatic rings. The zero-order valence-corrected chi connectivity index (χ0v) is 20.3. The molecule has 3 aliphatic heterocycles. The Morgan fingerprint density at radius 3 is 2.51 bits per heavy atom. The van der Waals surface area contributed by atoms with E-state index in [1.165, 1.54) is 0 Å². The molecular weight excluding hydrogens is 446 g/mol. The maximum atomic E-state index is 12.6. The summed E-state index contributed by atoms with van der Waals surface area (Å²) in [5.41, 5.74) is 1.98. The molecule has 4 bridgehead atoms. The number of hydrogen-bond donors (Lipinski definition) is 2. The first-order chi connectivity index (χ1) is 16.9. The second kappa shape index (κ2) is 11.4. The average molecular weight is 480 g/mol. The van der Waals surface area contributed by atoms with Gasteiger partial charge in [0.25, 0.3) is 0 Å². The Morgan fingerprint density at radius 1 is 0.943 bits per heavy atom. The number of nitrogens with one attached hydrogen (secondary N) is 2. The molecule has 186 valence electrons. The summed E-state index contributed by atoms with van der Waals surface area (Å²) in [6.07, 6.45) is 0.781. The van der Waals surface area contributed by atoms with Crippen molar-refractivity contribution in [2.75, 3.05) is 19.6 Å². The standard InChI is InChI=1S/C27H33N3O5/c1-18(2)27(33)30-15-23-24(16-30)34-17-20-4-3-5-22(14-20)35-21-9-6-19(7-10-21)8-11-25(31)28-13-12-26(32)29-23/h3-7,9-10,14,18,23-24H,8,11-13,15-17H2,1-2H3,(H,28,31)(H,29,32)/t23-,24-/m0/s1. The smallest absolute Gasteiger partial charge is 0.225 e. The molecule has 3 amide bonds. The van der Waals surface area contributed by atoms with Gasteiger partial charge in [0.15, 0.2) is 0 Å². The molecule has 0 aliphatic carbocycles. The monoisotopic (exact) mass is 479 g/mol. The predicted molar refractivity (Wildman–Crippen MR) is 131 cm³/mol. The van der Waals surface area contributed by atoms with Crippen molar-refractivity contribution >= 4 is 17.7 Å². The van der Waals surface area contributed by atoms with Crippen molar-refractivity contribution in [3.05, 3.63) is 59.7 Å². The highest BCUT2D eigenvalue weighted by Crippen LogP contribution is 2.24. The van der Waals surface area contributed by atoms with Crippen LogP contribution in [0.25, 0.3) is 0 Å². The first-order valence-electron chi connectivity index (χ1n) is 12.2. The molecule has 0 radical (unpaired) electrons. The molecule has 35 heavy (non-hydrogen) atoms. The number of carbonyl (C=O) groups excluding carboxylic acids is 3. The van der Waals surface area contributed by atoms with E-state index in [1.54, 1.807) is 4.90 Å². The minimum atomic E-state index is -0.334. The third kappa shape index (κ3) is 6.82. The third-order valence-electron chi connectivity index (χ3n) is 6.25. The zero-order valence-electron chi connectivity index (χ0n) is 20.3. The van der Waals surface area contributed by atoms with Gasteiger partial charge in [-0.1, -0.05) is 38.1 Å². The molecule has 2 aromatic carbocycles. The Bertz CT molecular complexity index is 1050. The van der Waals surface area contributed by atoms with E-state index in [0.717, 1.165) is 11.1 Å². The van der Waals surface area contributed by atoms with Crippen LogP contribution in [0.5, 0.6) is 11.5 Å². The summed E-state index contributed by atoms with van der Waals surface area (Å²) in [5, 5.41) is 5.82. The molecule has 2 N–H and O–H groups in total. The van der Waals surface area contributed by atoms with Gasteiger partial charge in [0.1, 0.15) is 11.5 Å². The Kier molecular flexibility index (Phi) is 8.02. The minimum absolute atomic E-state index is 0.0365. The van der Waals surface area contributed by atoms with Crippen LogP contribution >= 0.6 is 0 Å². The highest BCUT2D eigenvalue weighted by atomic mass is 16.5. The topological polar surface area (TPSA) is 97.0 Å². The zero-order chi connectivity index (χ0) is 24.8. The molecule has 0 spiro atoms. The largest absolute Gasteiger partial charge is 0.457 e. The molecule has 0 aromatic heterocycles. The van der Waals surface area contributed by atoms with Gasteiger partial charge in [0.05, 0.1) is 18.8 Å². The van der Waals surface area contributed by atoms with Crippen LogP contribution < -0.4 is 15.4 Å². The van der Waals surface area contributed by atoms with Crippen molar-refractivity contribution in [3.8, 4) is 11.5 Å². The first-order valence-corrected chi connectivity index (χ1v) is 12.2. The Hall–Kier alpha value is -3.39. The maximum Gasteiger partial charge on any atom is 0.225 e. The lowest BCUT2D eigenvalue weighted by atomic mass is 10.1. The van der Waals surface area contributed by atoms with Gasteiger partial charge in [-0.15, -0.1) is 0 Å². The molecule has 2 atom stereocenters. The van der Waals surface area contributed by atoms with Gasteiger partial charge in [-0.25, -0.2) is 0 Å². The van der Waals surface area contributed by atoms with E-state index in [1.807, 2.05) is 62.4 Å². The van der Waals surface area contributed by atoms with Crippen LogP contribution in [0.15, 0.2) is 48.5 Å². The normalized spacial score (nSPS) is 21.6. The highest BCUT2D eigenvalue weighted by Gasteiger charge is 2.37. The van der Waals surface area contributed by atoms with Crippen LogP contribution in [-0.4, -0.2) is 54.4 Å². The van der Waals surface area contributed by atoms with Crippen molar-refractivity contribution in [3.63, 3.8) is 0 Å². The Balaban J connectivity index is 1.52. The third-order valence-corrected chi connectivity index (χ3v) is 6.25. The van der Waals surface area contributed by atoms with E-state index < -0.39 is 0 Å². The van der Waals surface area contributed by atoms with E-state index in [2.05, 4.69) is 10.6 Å². The predicted octanol–water partition coefficient (Wildman–Crippen LogP) is 2.80. The molecule has 3 heterocycles. The summed E-state index contributed by atoms with van der Waals surface area (Å²) in [4.78, 5) is 39.2. The number of carbonyl (C=O) groups is 3. The van der Waals surface area contributed by atoms with Gasteiger partial charge in [0, 0.05) is 38.4 Å². The van der Waals surface area contributed by atoms with Crippen molar-refractivity contribution in [2.45, 2.75) is 51.9 Å². The number of aryl methyl sites for hydroxylation is 1. The minimum Gasteiger partial charge on any atom is -0.457 e. The number of ether oxygens (including phenoxy) is 2. The molecule has 1 fully saturated rings. The number of fused-ring (bicyclic) bond motifs is 10. The average Bonchev–Trinajstić information content (AvgIpc) is 3.23. The molecule has 2 aromatic rings. The van der Waals surface area contributed by atoms with Gasteiger partial charge in [-0.2, -0.15) is 0 Å². The lowest BCUT2D eigenvalue weighted by Crippen LogP contribution is -2.45. The highest BCUT2D eigenvalue weighted by molar-refractivity contribution is 5.80. The van der Waals surface area contributed by atoms with Gasteiger partial charge in [-0.05, 0) is 41.8 Å². The Labute approximate surface area is 206 Å². The van der Waals surface area contributed by atoms with Crippen LogP contribution in [-0.2, 0) is 32.1 Å². The molecule has 8 nitrogen and oxygen atoms in total. The fourth-order valence-corrected chi connectivity index (χ4v) is 4.33. The van der Waals surface area contributed by atoms with Crippen LogP contribution in [0.3, 0.4) is 0 Å². The number of nitrogens with zero attached hydrogens (tertiary/aromatic N) is 1. The number of amides is 3.